The molecule has 70 valence electrons. The van der Waals surface area contributed by atoms with Gasteiger partial charge in [0.15, 0.2) is 0 Å². The summed E-state index contributed by atoms with van der Waals surface area (Å²) in [6.45, 7) is 1.46. The van der Waals surface area contributed by atoms with E-state index in [2.05, 4.69) is 5.32 Å². The fraction of sp³-hybridized carbons (Fsp3) is 0.667. The van der Waals surface area contributed by atoms with Crippen molar-refractivity contribution in [2.45, 2.75) is 19.0 Å². The highest BCUT2D eigenvalue weighted by atomic mass is 35.5. The lowest BCUT2D eigenvalue weighted by Crippen LogP contribution is -2.48. The van der Waals surface area contributed by atoms with Crippen molar-refractivity contribution in [2.75, 3.05) is 5.88 Å². The molecule has 2 atom stereocenters. The Morgan fingerprint density at radius 3 is 2.42 bits per heavy atom. The first-order valence-corrected chi connectivity index (χ1v) is 3.87. The summed E-state index contributed by atoms with van der Waals surface area (Å²) < 4.78 is 0. The maximum absolute atomic E-state index is 10.9. The molecular formula is C6H11ClN2O3. The van der Waals surface area contributed by atoms with E-state index in [0.717, 1.165) is 0 Å². The van der Waals surface area contributed by atoms with Crippen molar-refractivity contribution in [3.8, 4) is 0 Å². The number of amides is 1. The van der Waals surface area contributed by atoms with Gasteiger partial charge in [-0.1, -0.05) is 0 Å². The minimum Gasteiger partial charge on any atom is -0.480 e. The number of carbonyl (C=O) groups is 2. The third-order valence-electron chi connectivity index (χ3n) is 1.18. The van der Waals surface area contributed by atoms with Crippen LogP contribution in [0.2, 0.25) is 0 Å². The maximum atomic E-state index is 10.9. The SMILES string of the molecule is C[C@H](N)C(=O)N[C@@H](CCl)C(=O)O. The van der Waals surface area contributed by atoms with E-state index in [-0.39, 0.29) is 5.88 Å². The molecule has 0 bridgehead atoms. The van der Waals surface area contributed by atoms with E-state index < -0.39 is 24.0 Å². The first-order chi connectivity index (χ1) is 5.49. The van der Waals surface area contributed by atoms with Crippen molar-refractivity contribution in [1.82, 2.24) is 5.32 Å². The van der Waals surface area contributed by atoms with Gasteiger partial charge in [0.25, 0.3) is 0 Å². The molecule has 12 heavy (non-hydrogen) atoms. The van der Waals surface area contributed by atoms with Gasteiger partial charge in [-0.3, -0.25) is 4.79 Å². The van der Waals surface area contributed by atoms with Crippen molar-refractivity contribution in [2.24, 2.45) is 5.73 Å². The van der Waals surface area contributed by atoms with E-state index in [9.17, 15) is 9.59 Å². The molecule has 0 heterocycles. The molecule has 0 aliphatic heterocycles. The monoisotopic (exact) mass is 194 g/mol. The fourth-order valence-corrected chi connectivity index (χ4v) is 0.679. The van der Waals surface area contributed by atoms with E-state index in [0.29, 0.717) is 0 Å². The van der Waals surface area contributed by atoms with Crippen LogP contribution in [0.4, 0.5) is 0 Å². The van der Waals surface area contributed by atoms with E-state index in [1.54, 1.807) is 0 Å². The lowest BCUT2D eigenvalue weighted by Gasteiger charge is -2.12. The van der Waals surface area contributed by atoms with Crippen molar-refractivity contribution in [3.63, 3.8) is 0 Å². The molecule has 0 aliphatic carbocycles. The number of alkyl halides is 1. The van der Waals surface area contributed by atoms with Crippen molar-refractivity contribution in [3.05, 3.63) is 0 Å². The van der Waals surface area contributed by atoms with E-state index in [4.69, 9.17) is 22.4 Å². The van der Waals surface area contributed by atoms with Gasteiger partial charge in [0.2, 0.25) is 5.91 Å². The number of carbonyl (C=O) groups excluding carboxylic acids is 1. The maximum Gasteiger partial charge on any atom is 0.327 e. The number of hydrogen-bond acceptors (Lipinski definition) is 3. The van der Waals surface area contributed by atoms with Crippen LogP contribution in [0.5, 0.6) is 0 Å². The summed E-state index contributed by atoms with van der Waals surface area (Å²) in [5.41, 5.74) is 5.19. The third kappa shape index (κ3) is 3.54. The predicted molar refractivity (Wildman–Crippen MR) is 43.9 cm³/mol. The summed E-state index contributed by atoms with van der Waals surface area (Å²) in [6, 6.07) is -1.79. The smallest absolute Gasteiger partial charge is 0.327 e. The average molecular weight is 195 g/mol. The van der Waals surface area contributed by atoms with E-state index in [1.807, 2.05) is 0 Å². The summed E-state index contributed by atoms with van der Waals surface area (Å²) >= 11 is 5.27. The quantitative estimate of drug-likeness (QED) is 0.508. The number of halogens is 1. The third-order valence-corrected chi connectivity index (χ3v) is 1.49. The summed E-state index contributed by atoms with van der Waals surface area (Å²) in [4.78, 5) is 21.2. The lowest BCUT2D eigenvalue weighted by atomic mass is 10.3. The Morgan fingerprint density at radius 1 is 1.67 bits per heavy atom. The molecular weight excluding hydrogens is 184 g/mol. The summed E-state index contributed by atoms with van der Waals surface area (Å²) in [6.07, 6.45) is 0. The van der Waals surface area contributed by atoms with Gasteiger partial charge in [-0.25, -0.2) is 4.79 Å². The number of rotatable bonds is 4. The summed E-state index contributed by atoms with van der Waals surface area (Å²) in [5.74, 6) is -1.87. The Labute approximate surface area is 74.9 Å². The Balaban J connectivity index is 4.03. The molecule has 0 rings (SSSR count). The zero-order valence-corrected chi connectivity index (χ0v) is 7.34. The van der Waals surface area contributed by atoms with Crippen LogP contribution in [-0.4, -0.2) is 34.9 Å². The van der Waals surface area contributed by atoms with Crippen LogP contribution in [0.25, 0.3) is 0 Å². The van der Waals surface area contributed by atoms with Crippen LogP contribution >= 0.6 is 11.6 Å². The van der Waals surface area contributed by atoms with Crippen molar-refractivity contribution in [1.29, 1.82) is 0 Å². The molecule has 0 saturated heterocycles. The highest BCUT2D eigenvalue weighted by molar-refractivity contribution is 6.19. The van der Waals surface area contributed by atoms with Crippen LogP contribution < -0.4 is 11.1 Å². The molecule has 6 heteroatoms. The van der Waals surface area contributed by atoms with Crippen molar-refractivity contribution < 1.29 is 14.7 Å². The molecule has 0 radical (unpaired) electrons. The molecule has 0 saturated carbocycles. The minimum atomic E-state index is -1.17. The summed E-state index contributed by atoms with van der Waals surface area (Å²) in [5, 5.41) is 10.6. The van der Waals surface area contributed by atoms with Gasteiger partial charge in [-0.05, 0) is 6.92 Å². The van der Waals surface area contributed by atoms with Gasteiger partial charge in [-0.2, -0.15) is 0 Å². The van der Waals surface area contributed by atoms with E-state index in [1.165, 1.54) is 6.92 Å². The molecule has 0 unspecified atom stereocenters. The number of nitrogens with one attached hydrogen (secondary N) is 1. The first-order valence-electron chi connectivity index (χ1n) is 3.33. The zero-order valence-electron chi connectivity index (χ0n) is 6.58. The molecule has 0 aliphatic rings. The predicted octanol–water partition coefficient (Wildman–Crippen LogP) is -0.858. The Morgan fingerprint density at radius 2 is 2.17 bits per heavy atom. The molecule has 5 nitrogen and oxygen atoms in total. The standard InChI is InChI=1S/C6H11ClN2O3/c1-3(8)5(10)9-4(2-7)6(11)12/h3-4H,2,8H2,1H3,(H,9,10)(H,11,12)/t3-,4-/m0/s1. The topological polar surface area (TPSA) is 92.4 Å². The van der Waals surface area contributed by atoms with Crippen LogP contribution in [0.3, 0.4) is 0 Å². The zero-order chi connectivity index (χ0) is 9.72. The Hall–Kier alpha value is -0.810. The highest BCUT2D eigenvalue weighted by Crippen LogP contribution is 1.89. The van der Waals surface area contributed by atoms with E-state index >= 15 is 0 Å². The van der Waals surface area contributed by atoms with Crippen LogP contribution in [-0.2, 0) is 9.59 Å². The fourth-order valence-electron chi connectivity index (χ4n) is 0.469. The molecule has 4 N–H and O–H groups in total. The van der Waals surface area contributed by atoms with Gasteiger partial charge >= 0.3 is 5.97 Å². The van der Waals surface area contributed by atoms with Gasteiger partial charge in [-0.15, -0.1) is 11.6 Å². The number of carboxylic acid groups (broad SMARTS) is 1. The van der Waals surface area contributed by atoms with Gasteiger partial charge in [0, 0.05) is 0 Å². The second-order valence-electron chi connectivity index (χ2n) is 2.34. The molecule has 1 amide bonds. The second-order valence-corrected chi connectivity index (χ2v) is 2.65. The number of aliphatic carboxylic acids is 1. The van der Waals surface area contributed by atoms with Crippen LogP contribution in [0, 0.1) is 0 Å². The second kappa shape index (κ2) is 4.95. The molecule has 0 aromatic heterocycles. The Bertz CT molecular complexity index is 184. The number of carboxylic acids is 1. The van der Waals surface area contributed by atoms with Gasteiger partial charge < -0.3 is 16.2 Å². The molecule has 0 aromatic rings. The van der Waals surface area contributed by atoms with Gasteiger partial charge in [0.1, 0.15) is 6.04 Å². The number of nitrogens with two attached hydrogens (primary N) is 1. The van der Waals surface area contributed by atoms with Crippen LogP contribution in [0.1, 0.15) is 6.92 Å². The summed E-state index contributed by atoms with van der Waals surface area (Å²) in [7, 11) is 0. The Kier molecular flexibility index (Phi) is 4.61. The minimum absolute atomic E-state index is 0.173. The van der Waals surface area contributed by atoms with Crippen molar-refractivity contribution >= 4 is 23.5 Å². The average Bonchev–Trinajstić information content (AvgIpc) is 1.98. The normalized spacial score (nSPS) is 14.9. The van der Waals surface area contributed by atoms with Crippen LogP contribution in [0.15, 0.2) is 0 Å². The highest BCUT2D eigenvalue weighted by Gasteiger charge is 2.19. The lowest BCUT2D eigenvalue weighted by molar-refractivity contribution is -0.141. The molecule has 0 spiro atoms. The van der Waals surface area contributed by atoms with Gasteiger partial charge in [0.05, 0.1) is 11.9 Å². The molecule has 0 aromatic carbocycles. The largest absolute Gasteiger partial charge is 0.480 e. The number of hydrogen-bond donors (Lipinski definition) is 3. The molecule has 0 fully saturated rings. The first kappa shape index (κ1) is 11.2.